The molecular formula is C25H21NO6. The van der Waals surface area contributed by atoms with E-state index in [2.05, 4.69) is 5.32 Å². The molecule has 4 aromatic rings. The molecule has 162 valence electrons. The van der Waals surface area contributed by atoms with Crippen molar-refractivity contribution in [2.75, 3.05) is 26.6 Å². The summed E-state index contributed by atoms with van der Waals surface area (Å²) in [6.07, 6.45) is 0. The van der Waals surface area contributed by atoms with Crippen LogP contribution in [0.15, 0.2) is 75.9 Å². The van der Waals surface area contributed by atoms with Gasteiger partial charge in [-0.25, -0.2) is 4.79 Å². The first-order chi connectivity index (χ1) is 15.5. The Bertz CT molecular complexity index is 1340. The van der Waals surface area contributed by atoms with Crippen molar-refractivity contribution in [3.8, 4) is 28.4 Å². The number of ether oxygens (including phenoxy) is 3. The summed E-state index contributed by atoms with van der Waals surface area (Å²) in [6.45, 7) is 0. The number of para-hydroxylation sites is 1. The zero-order valence-electron chi connectivity index (χ0n) is 17.8. The number of benzene rings is 3. The topological polar surface area (TPSA) is 87.0 Å². The summed E-state index contributed by atoms with van der Waals surface area (Å²) in [5.41, 5.74) is 1.61. The zero-order valence-corrected chi connectivity index (χ0v) is 17.8. The molecule has 3 aromatic carbocycles. The van der Waals surface area contributed by atoms with Gasteiger partial charge in [0.05, 0.1) is 32.6 Å². The molecule has 1 aromatic heterocycles. The van der Waals surface area contributed by atoms with E-state index < -0.39 is 11.5 Å². The summed E-state index contributed by atoms with van der Waals surface area (Å²) < 4.78 is 21.5. The minimum atomic E-state index is -0.474. The smallest absolute Gasteiger partial charge is 0.344 e. The molecule has 0 fully saturated rings. The molecule has 0 aliphatic heterocycles. The van der Waals surface area contributed by atoms with Crippen LogP contribution in [0.5, 0.6) is 17.2 Å². The summed E-state index contributed by atoms with van der Waals surface area (Å²) in [4.78, 5) is 25.7. The third-order valence-electron chi connectivity index (χ3n) is 5.05. The number of anilines is 1. The number of carbonyl (C=O) groups is 1. The van der Waals surface area contributed by atoms with Crippen LogP contribution >= 0.6 is 0 Å². The predicted molar refractivity (Wildman–Crippen MR) is 122 cm³/mol. The number of methoxy groups -OCH3 is 3. The van der Waals surface area contributed by atoms with Gasteiger partial charge >= 0.3 is 5.63 Å². The number of rotatable bonds is 6. The van der Waals surface area contributed by atoms with Crippen LogP contribution in [0.25, 0.3) is 22.1 Å². The Balaban J connectivity index is 1.77. The average molecular weight is 431 g/mol. The number of hydrogen-bond acceptors (Lipinski definition) is 6. The minimum Gasteiger partial charge on any atom is -0.496 e. The molecule has 0 unspecified atom stereocenters. The maximum absolute atomic E-state index is 13.1. The van der Waals surface area contributed by atoms with Crippen LogP contribution in [0.4, 0.5) is 5.69 Å². The lowest BCUT2D eigenvalue weighted by Crippen LogP contribution is -2.15. The fourth-order valence-corrected chi connectivity index (χ4v) is 3.50. The SMILES string of the molecule is COc1ccc(-c2cc3ccccc3oc2=O)cc1NC(=O)c1c(OC)cccc1OC. The second kappa shape index (κ2) is 8.85. The van der Waals surface area contributed by atoms with Gasteiger partial charge in [0.25, 0.3) is 5.91 Å². The van der Waals surface area contributed by atoms with E-state index in [4.69, 9.17) is 18.6 Å². The number of carbonyl (C=O) groups excluding carboxylic acids is 1. The molecule has 0 saturated carbocycles. The Morgan fingerprint density at radius 1 is 0.812 bits per heavy atom. The zero-order chi connectivity index (χ0) is 22.7. The van der Waals surface area contributed by atoms with Gasteiger partial charge in [0.15, 0.2) is 0 Å². The van der Waals surface area contributed by atoms with Crippen molar-refractivity contribution in [2.24, 2.45) is 0 Å². The molecule has 0 radical (unpaired) electrons. The van der Waals surface area contributed by atoms with Crippen LogP contribution in [0.1, 0.15) is 10.4 Å². The molecular weight excluding hydrogens is 410 g/mol. The van der Waals surface area contributed by atoms with Crippen molar-refractivity contribution < 1.29 is 23.4 Å². The number of hydrogen-bond donors (Lipinski definition) is 1. The van der Waals surface area contributed by atoms with Crippen molar-refractivity contribution in [2.45, 2.75) is 0 Å². The van der Waals surface area contributed by atoms with Crippen molar-refractivity contribution in [3.05, 3.63) is 82.7 Å². The van der Waals surface area contributed by atoms with E-state index in [1.807, 2.05) is 12.1 Å². The molecule has 0 aliphatic rings. The maximum atomic E-state index is 13.1. The fourth-order valence-electron chi connectivity index (χ4n) is 3.50. The van der Waals surface area contributed by atoms with Crippen LogP contribution in [0, 0.1) is 0 Å². The van der Waals surface area contributed by atoms with Gasteiger partial charge in [0.1, 0.15) is 28.4 Å². The van der Waals surface area contributed by atoms with E-state index in [9.17, 15) is 9.59 Å². The van der Waals surface area contributed by atoms with Gasteiger partial charge in [-0.3, -0.25) is 4.79 Å². The molecule has 7 nitrogen and oxygen atoms in total. The summed E-state index contributed by atoms with van der Waals surface area (Å²) in [5, 5.41) is 3.63. The van der Waals surface area contributed by atoms with Crippen molar-refractivity contribution in [1.29, 1.82) is 0 Å². The fraction of sp³-hybridized carbons (Fsp3) is 0.120. The number of amides is 1. The van der Waals surface area contributed by atoms with Crippen molar-refractivity contribution >= 4 is 22.6 Å². The highest BCUT2D eigenvalue weighted by Gasteiger charge is 2.20. The van der Waals surface area contributed by atoms with Gasteiger partial charge < -0.3 is 23.9 Å². The van der Waals surface area contributed by atoms with Crippen LogP contribution in [-0.2, 0) is 0 Å². The van der Waals surface area contributed by atoms with Gasteiger partial charge in [-0.1, -0.05) is 30.3 Å². The molecule has 0 bridgehead atoms. The Morgan fingerprint density at radius 2 is 1.50 bits per heavy atom. The lowest BCUT2D eigenvalue weighted by Gasteiger charge is -2.15. The van der Waals surface area contributed by atoms with E-state index in [-0.39, 0.29) is 5.56 Å². The highest BCUT2D eigenvalue weighted by molar-refractivity contribution is 6.09. The quantitative estimate of drug-likeness (QED) is 0.444. The van der Waals surface area contributed by atoms with Crippen molar-refractivity contribution in [3.63, 3.8) is 0 Å². The average Bonchev–Trinajstić information content (AvgIpc) is 2.82. The molecule has 1 amide bonds. The summed E-state index contributed by atoms with van der Waals surface area (Å²) in [5.74, 6) is 0.723. The molecule has 7 heteroatoms. The van der Waals surface area contributed by atoms with E-state index in [1.54, 1.807) is 54.6 Å². The Labute approximate surface area is 184 Å². The normalized spacial score (nSPS) is 10.6. The third-order valence-corrected chi connectivity index (χ3v) is 5.05. The molecule has 1 N–H and O–H groups in total. The van der Waals surface area contributed by atoms with Gasteiger partial charge in [0, 0.05) is 5.39 Å². The van der Waals surface area contributed by atoms with Gasteiger partial charge in [-0.05, 0) is 42.0 Å². The van der Waals surface area contributed by atoms with Crippen LogP contribution in [0.2, 0.25) is 0 Å². The molecule has 0 saturated heterocycles. The second-order valence-electron chi connectivity index (χ2n) is 6.89. The first-order valence-electron chi connectivity index (χ1n) is 9.79. The van der Waals surface area contributed by atoms with Crippen molar-refractivity contribution in [1.82, 2.24) is 0 Å². The Kier molecular flexibility index (Phi) is 5.81. The summed E-state index contributed by atoms with van der Waals surface area (Å²) >= 11 is 0. The minimum absolute atomic E-state index is 0.246. The summed E-state index contributed by atoms with van der Waals surface area (Å²) in [6, 6.07) is 19.2. The first-order valence-corrected chi connectivity index (χ1v) is 9.79. The highest BCUT2D eigenvalue weighted by atomic mass is 16.5. The van der Waals surface area contributed by atoms with E-state index >= 15 is 0 Å². The van der Waals surface area contributed by atoms with Crippen LogP contribution in [0.3, 0.4) is 0 Å². The van der Waals surface area contributed by atoms with E-state index in [0.717, 1.165) is 5.39 Å². The Hall–Kier alpha value is -4.26. The molecule has 0 atom stereocenters. The monoisotopic (exact) mass is 431 g/mol. The first kappa shape index (κ1) is 21.0. The molecule has 32 heavy (non-hydrogen) atoms. The largest absolute Gasteiger partial charge is 0.496 e. The lowest BCUT2D eigenvalue weighted by molar-refractivity contribution is 0.102. The van der Waals surface area contributed by atoms with Gasteiger partial charge in [-0.15, -0.1) is 0 Å². The summed E-state index contributed by atoms with van der Waals surface area (Å²) in [7, 11) is 4.45. The molecule has 0 spiro atoms. The standard InChI is InChI=1S/C25H21NO6/c1-29-20-12-11-15(17-13-16-7-4-5-8-19(16)32-25(17)28)14-18(20)26-24(27)23-21(30-2)9-6-10-22(23)31-3/h4-14H,1-3H3,(H,26,27). The molecule has 1 heterocycles. The third kappa shape index (κ3) is 3.88. The van der Waals surface area contributed by atoms with E-state index in [0.29, 0.717) is 39.6 Å². The molecule has 0 aliphatic carbocycles. The Morgan fingerprint density at radius 3 is 2.19 bits per heavy atom. The lowest BCUT2D eigenvalue weighted by atomic mass is 10.0. The maximum Gasteiger partial charge on any atom is 0.344 e. The van der Waals surface area contributed by atoms with Gasteiger partial charge in [-0.2, -0.15) is 0 Å². The highest BCUT2D eigenvalue weighted by Crippen LogP contribution is 2.33. The number of nitrogens with one attached hydrogen (secondary N) is 1. The van der Waals surface area contributed by atoms with Gasteiger partial charge in [0.2, 0.25) is 0 Å². The second-order valence-corrected chi connectivity index (χ2v) is 6.89. The van der Waals surface area contributed by atoms with E-state index in [1.165, 1.54) is 21.3 Å². The van der Waals surface area contributed by atoms with Crippen LogP contribution in [-0.4, -0.2) is 27.2 Å². The number of fused-ring (bicyclic) bond motifs is 1. The predicted octanol–water partition coefficient (Wildman–Crippen LogP) is 4.74. The molecule has 4 rings (SSSR count). The van der Waals surface area contributed by atoms with Crippen LogP contribution < -0.4 is 25.2 Å².